The van der Waals surface area contributed by atoms with Crippen LogP contribution in [0.3, 0.4) is 0 Å². The van der Waals surface area contributed by atoms with Gasteiger partial charge in [0.1, 0.15) is 11.9 Å². The van der Waals surface area contributed by atoms with Crippen LogP contribution >= 0.6 is 0 Å². The molecule has 2 rings (SSSR count). The minimum Gasteiger partial charge on any atom is -0.465 e. The summed E-state index contributed by atoms with van der Waals surface area (Å²) in [5.41, 5.74) is 6.99. The standard InChI is InChI=1S/C15H21FN2O3/c1-2-21-15(19)13(17)10-11-3-4-14(12(16)9-11)18-5-7-20-8-6-18/h3-4,9,13H,2,5-8,10,17H2,1H3. The molecule has 2 N–H and O–H groups in total. The summed E-state index contributed by atoms with van der Waals surface area (Å²) >= 11 is 0. The highest BCUT2D eigenvalue weighted by atomic mass is 19.1. The van der Waals surface area contributed by atoms with Gasteiger partial charge in [0.15, 0.2) is 0 Å². The second-order valence-corrected chi connectivity index (χ2v) is 4.95. The Labute approximate surface area is 123 Å². The van der Waals surface area contributed by atoms with Crippen molar-refractivity contribution in [2.24, 2.45) is 5.73 Å². The van der Waals surface area contributed by atoms with E-state index in [2.05, 4.69) is 0 Å². The minimum atomic E-state index is -0.765. The van der Waals surface area contributed by atoms with Crippen molar-refractivity contribution in [3.8, 4) is 0 Å². The molecule has 5 nitrogen and oxygen atoms in total. The Morgan fingerprint density at radius 3 is 2.81 bits per heavy atom. The third kappa shape index (κ3) is 4.15. The highest BCUT2D eigenvalue weighted by molar-refractivity contribution is 5.75. The van der Waals surface area contributed by atoms with Gasteiger partial charge in [-0.05, 0) is 31.0 Å². The Hall–Kier alpha value is -1.66. The Morgan fingerprint density at radius 1 is 1.48 bits per heavy atom. The van der Waals surface area contributed by atoms with Gasteiger partial charge in [0.05, 0.1) is 25.5 Å². The summed E-state index contributed by atoms with van der Waals surface area (Å²) in [5.74, 6) is -0.763. The molecule has 1 unspecified atom stereocenters. The summed E-state index contributed by atoms with van der Waals surface area (Å²) in [7, 11) is 0. The van der Waals surface area contributed by atoms with Crippen molar-refractivity contribution < 1.29 is 18.7 Å². The quantitative estimate of drug-likeness (QED) is 0.824. The monoisotopic (exact) mass is 296 g/mol. The fraction of sp³-hybridized carbons (Fsp3) is 0.533. The summed E-state index contributed by atoms with van der Waals surface area (Å²) in [6.45, 7) is 4.58. The summed E-state index contributed by atoms with van der Waals surface area (Å²) in [6.07, 6.45) is 0.263. The van der Waals surface area contributed by atoms with Gasteiger partial charge in [-0.3, -0.25) is 4.79 Å². The summed E-state index contributed by atoms with van der Waals surface area (Å²) in [4.78, 5) is 13.4. The van der Waals surface area contributed by atoms with E-state index in [1.165, 1.54) is 6.07 Å². The first-order valence-electron chi connectivity index (χ1n) is 7.15. The minimum absolute atomic E-state index is 0.263. The van der Waals surface area contributed by atoms with E-state index in [1.54, 1.807) is 19.1 Å². The number of carbonyl (C=O) groups is 1. The molecule has 1 heterocycles. The molecular weight excluding hydrogens is 275 g/mol. The average Bonchev–Trinajstić information content (AvgIpc) is 2.48. The zero-order valence-corrected chi connectivity index (χ0v) is 12.2. The first kappa shape index (κ1) is 15.7. The van der Waals surface area contributed by atoms with Crippen LogP contribution in [0.2, 0.25) is 0 Å². The van der Waals surface area contributed by atoms with Gasteiger partial charge in [0.25, 0.3) is 0 Å². The van der Waals surface area contributed by atoms with Crippen LogP contribution in [-0.2, 0) is 20.7 Å². The van der Waals surface area contributed by atoms with E-state index >= 15 is 0 Å². The van der Waals surface area contributed by atoms with Gasteiger partial charge >= 0.3 is 5.97 Å². The number of ether oxygens (including phenoxy) is 2. The van der Waals surface area contributed by atoms with Gasteiger partial charge < -0.3 is 20.1 Å². The number of nitrogens with zero attached hydrogens (tertiary/aromatic N) is 1. The molecule has 1 aliphatic rings. The van der Waals surface area contributed by atoms with E-state index in [0.717, 1.165) is 0 Å². The SMILES string of the molecule is CCOC(=O)C(N)Cc1ccc(N2CCOCC2)c(F)c1. The topological polar surface area (TPSA) is 64.8 Å². The van der Waals surface area contributed by atoms with Gasteiger partial charge in [-0.1, -0.05) is 6.07 Å². The fourth-order valence-electron chi connectivity index (χ4n) is 2.32. The van der Waals surface area contributed by atoms with E-state index in [0.29, 0.717) is 37.6 Å². The van der Waals surface area contributed by atoms with E-state index in [1.807, 2.05) is 4.90 Å². The molecule has 0 radical (unpaired) electrons. The molecule has 116 valence electrons. The van der Waals surface area contributed by atoms with Crippen LogP contribution in [-0.4, -0.2) is 44.9 Å². The molecule has 0 bridgehead atoms. The number of carbonyl (C=O) groups excluding carboxylic acids is 1. The van der Waals surface area contributed by atoms with Crippen LogP contribution in [0, 0.1) is 5.82 Å². The summed E-state index contributed by atoms with van der Waals surface area (Å²) in [6, 6.07) is 4.20. The third-order valence-electron chi connectivity index (χ3n) is 3.41. The number of rotatable bonds is 5. The van der Waals surface area contributed by atoms with Crippen LogP contribution in [0.1, 0.15) is 12.5 Å². The van der Waals surface area contributed by atoms with Crippen LogP contribution < -0.4 is 10.6 Å². The Kier molecular flexibility index (Phi) is 5.52. The smallest absolute Gasteiger partial charge is 0.323 e. The first-order chi connectivity index (χ1) is 10.1. The molecule has 0 amide bonds. The van der Waals surface area contributed by atoms with Crippen LogP contribution in [0.4, 0.5) is 10.1 Å². The predicted octanol–water partition coefficient (Wildman–Crippen LogP) is 1.10. The van der Waals surface area contributed by atoms with Crippen molar-refractivity contribution in [3.05, 3.63) is 29.6 Å². The lowest BCUT2D eigenvalue weighted by Gasteiger charge is -2.29. The molecule has 1 fully saturated rings. The van der Waals surface area contributed by atoms with Crippen LogP contribution in [0.5, 0.6) is 0 Å². The van der Waals surface area contributed by atoms with Crippen molar-refractivity contribution in [1.29, 1.82) is 0 Å². The number of hydrogen-bond acceptors (Lipinski definition) is 5. The number of morpholine rings is 1. The van der Waals surface area contributed by atoms with Crippen molar-refractivity contribution in [1.82, 2.24) is 0 Å². The molecule has 1 aliphatic heterocycles. The van der Waals surface area contributed by atoms with Crippen molar-refractivity contribution in [2.45, 2.75) is 19.4 Å². The third-order valence-corrected chi connectivity index (χ3v) is 3.41. The second-order valence-electron chi connectivity index (χ2n) is 4.95. The normalized spacial score (nSPS) is 16.6. The van der Waals surface area contributed by atoms with Gasteiger partial charge in [0, 0.05) is 13.1 Å². The summed E-state index contributed by atoms with van der Waals surface area (Å²) in [5, 5.41) is 0. The molecule has 0 aliphatic carbocycles. The van der Waals surface area contributed by atoms with Gasteiger partial charge in [-0.15, -0.1) is 0 Å². The molecule has 1 aromatic carbocycles. The van der Waals surface area contributed by atoms with Crippen molar-refractivity contribution in [3.63, 3.8) is 0 Å². The maximum absolute atomic E-state index is 14.2. The number of anilines is 1. The molecule has 1 saturated heterocycles. The highest BCUT2D eigenvalue weighted by Gasteiger charge is 2.18. The molecule has 21 heavy (non-hydrogen) atoms. The van der Waals surface area contributed by atoms with Gasteiger partial charge in [-0.25, -0.2) is 4.39 Å². The molecule has 6 heteroatoms. The van der Waals surface area contributed by atoms with Gasteiger partial charge in [-0.2, -0.15) is 0 Å². The van der Waals surface area contributed by atoms with E-state index < -0.39 is 12.0 Å². The lowest BCUT2D eigenvalue weighted by atomic mass is 10.1. The van der Waals surface area contributed by atoms with E-state index in [4.69, 9.17) is 15.2 Å². The number of nitrogens with two attached hydrogens (primary N) is 1. The van der Waals surface area contributed by atoms with Crippen LogP contribution in [0.15, 0.2) is 18.2 Å². The molecule has 0 spiro atoms. The Bertz CT molecular complexity index is 490. The number of esters is 1. The molecule has 1 atom stereocenters. The first-order valence-corrected chi connectivity index (χ1v) is 7.15. The highest BCUT2D eigenvalue weighted by Crippen LogP contribution is 2.22. The maximum Gasteiger partial charge on any atom is 0.323 e. The molecule has 0 saturated carbocycles. The molecule has 1 aromatic rings. The number of hydrogen-bond donors (Lipinski definition) is 1. The van der Waals surface area contributed by atoms with Crippen LogP contribution in [0.25, 0.3) is 0 Å². The lowest BCUT2D eigenvalue weighted by Crippen LogP contribution is -2.37. The van der Waals surface area contributed by atoms with Crippen molar-refractivity contribution in [2.75, 3.05) is 37.8 Å². The predicted molar refractivity (Wildman–Crippen MR) is 77.7 cm³/mol. The number of benzene rings is 1. The Balaban J connectivity index is 2.03. The summed E-state index contributed by atoms with van der Waals surface area (Å²) < 4.78 is 24.3. The van der Waals surface area contributed by atoms with E-state index in [9.17, 15) is 9.18 Å². The largest absolute Gasteiger partial charge is 0.465 e. The zero-order valence-electron chi connectivity index (χ0n) is 12.2. The molecule has 0 aromatic heterocycles. The zero-order chi connectivity index (χ0) is 15.2. The Morgan fingerprint density at radius 2 is 2.19 bits per heavy atom. The maximum atomic E-state index is 14.2. The molecular formula is C15H21FN2O3. The van der Waals surface area contributed by atoms with Gasteiger partial charge in [0.2, 0.25) is 0 Å². The number of halogens is 1. The van der Waals surface area contributed by atoms with E-state index in [-0.39, 0.29) is 18.8 Å². The lowest BCUT2D eigenvalue weighted by molar-refractivity contribution is -0.144. The fourth-order valence-corrected chi connectivity index (χ4v) is 2.32. The van der Waals surface area contributed by atoms with Crippen molar-refractivity contribution >= 4 is 11.7 Å². The second kappa shape index (κ2) is 7.38. The average molecular weight is 296 g/mol.